The Balaban J connectivity index is 1.62. The predicted octanol–water partition coefficient (Wildman–Crippen LogP) is 7.30. The second-order valence-electron chi connectivity index (χ2n) is 8.89. The molecule has 2 aromatic carbocycles. The molecular formula is C26H29F5O6Si. The molecule has 3 aromatic rings. The van der Waals surface area contributed by atoms with Gasteiger partial charge in [-0.2, -0.15) is 0 Å². The van der Waals surface area contributed by atoms with Crippen LogP contribution < -0.4 is 15.1 Å². The van der Waals surface area contributed by atoms with Gasteiger partial charge in [-0.05, 0) is 49.7 Å². The quantitative estimate of drug-likeness (QED) is 0.0946. The van der Waals surface area contributed by atoms with Crippen molar-refractivity contribution in [3.8, 4) is 22.6 Å². The van der Waals surface area contributed by atoms with Gasteiger partial charge in [0.15, 0.2) is 0 Å². The van der Waals surface area contributed by atoms with E-state index < -0.39 is 32.2 Å². The molecule has 0 fully saturated rings. The Hall–Kier alpha value is -2.96. The standard InChI is InChI=1S/C26H29F5O6Si/c1-33-38(3,34-2)15-7-13-25(27,28)12-6-14-35-19-11-10-18-16-21(24(32)36-23(18)17-19)20-8-4-5-9-22(20)37-26(29,30)31/h4-5,8-11,16-17H,6-7,12-15H2,1-3H3. The summed E-state index contributed by atoms with van der Waals surface area (Å²) in [6, 6.07) is 11.7. The van der Waals surface area contributed by atoms with Crippen molar-refractivity contribution >= 4 is 19.5 Å². The van der Waals surface area contributed by atoms with E-state index in [9.17, 15) is 26.7 Å². The molecule has 6 nitrogen and oxygen atoms in total. The third-order valence-electron chi connectivity index (χ3n) is 6.10. The van der Waals surface area contributed by atoms with Gasteiger partial charge >= 0.3 is 20.5 Å². The molecule has 1 heterocycles. The van der Waals surface area contributed by atoms with E-state index in [2.05, 4.69) is 4.74 Å². The highest BCUT2D eigenvalue weighted by Crippen LogP contribution is 2.34. The first-order valence-corrected chi connectivity index (χ1v) is 14.4. The third kappa shape index (κ3) is 8.27. The van der Waals surface area contributed by atoms with Crippen molar-refractivity contribution in [3.63, 3.8) is 0 Å². The molecule has 1 aromatic heterocycles. The summed E-state index contributed by atoms with van der Waals surface area (Å²) in [7, 11) is 0.663. The normalized spacial score (nSPS) is 12.6. The summed E-state index contributed by atoms with van der Waals surface area (Å²) in [5.41, 5.74) is -0.904. The monoisotopic (exact) mass is 560 g/mol. The Morgan fingerprint density at radius 2 is 1.58 bits per heavy atom. The molecule has 0 saturated heterocycles. The lowest BCUT2D eigenvalue weighted by atomic mass is 10.0. The number of para-hydroxylation sites is 1. The molecule has 0 bridgehead atoms. The van der Waals surface area contributed by atoms with Gasteiger partial charge in [0, 0.05) is 44.1 Å². The maximum Gasteiger partial charge on any atom is 0.573 e. The number of fused-ring (bicyclic) bond motifs is 1. The molecule has 0 aliphatic heterocycles. The summed E-state index contributed by atoms with van der Waals surface area (Å²) in [5, 5.41) is 0.433. The molecule has 0 saturated carbocycles. The van der Waals surface area contributed by atoms with Gasteiger partial charge in [0.25, 0.3) is 0 Å². The molecule has 0 aliphatic carbocycles. The van der Waals surface area contributed by atoms with Gasteiger partial charge in [0.2, 0.25) is 5.92 Å². The van der Waals surface area contributed by atoms with E-state index in [4.69, 9.17) is 18.0 Å². The zero-order chi connectivity index (χ0) is 28.0. The number of ether oxygens (including phenoxy) is 2. The highest BCUT2D eigenvalue weighted by molar-refractivity contribution is 6.65. The summed E-state index contributed by atoms with van der Waals surface area (Å²) in [5.74, 6) is -3.07. The summed E-state index contributed by atoms with van der Waals surface area (Å²) in [6.07, 6.45) is -5.16. The predicted molar refractivity (Wildman–Crippen MR) is 134 cm³/mol. The Kier molecular flexibility index (Phi) is 9.55. The van der Waals surface area contributed by atoms with Crippen LogP contribution in [0.5, 0.6) is 11.5 Å². The van der Waals surface area contributed by atoms with Crippen molar-refractivity contribution in [3.05, 3.63) is 59.0 Å². The molecule has 0 radical (unpaired) electrons. The van der Waals surface area contributed by atoms with Crippen molar-refractivity contribution in [2.45, 2.75) is 50.6 Å². The lowest BCUT2D eigenvalue weighted by Gasteiger charge is -2.24. The van der Waals surface area contributed by atoms with Gasteiger partial charge in [-0.25, -0.2) is 13.6 Å². The van der Waals surface area contributed by atoms with Crippen molar-refractivity contribution in [1.29, 1.82) is 0 Å². The molecule has 0 amide bonds. The van der Waals surface area contributed by atoms with Crippen LogP contribution >= 0.6 is 0 Å². The summed E-state index contributed by atoms with van der Waals surface area (Å²) in [4.78, 5) is 12.6. The average molecular weight is 561 g/mol. The van der Waals surface area contributed by atoms with E-state index in [1.165, 1.54) is 44.6 Å². The second kappa shape index (κ2) is 12.3. The average Bonchev–Trinajstić information content (AvgIpc) is 2.85. The maximum absolute atomic E-state index is 14.2. The van der Waals surface area contributed by atoms with Gasteiger partial charge in [0.05, 0.1) is 12.2 Å². The van der Waals surface area contributed by atoms with E-state index in [1.54, 1.807) is 12.1 Å². The minimum absolute atomic E-state index is 0.0220. The van der Waals surface area contributed by atoms with E-state index in [0.717, 1.165) is 6.07 Å². The minimum atomic E-state index is -4.93. The van der Waals surface area contributed by atoms with Crippen molar-refractivity contribution < 1.29 is 44.7 Å². The number of hydrogen-bond donors (Lipinski definition) is 0. The SMILES string of the molecule is CO[Si](C)(CCCC(F)(F)CCCOc1ccc2cc(-c3ccccc3OC(F)(F)F)c(=O)oc2c1)OC. The highest BCUT2D eigenvalue weighted by atomic mass is 28.4. The smallest absolute Gasteiger partial charge is 0.493 e. The van der Waals surface area contributed by atoms with Gasteiger partial charge < -0.3 is 22.7 Å². The molecule has 12 heteroatoms. The molecule has 38 heavy (non-hydrogen) atoms. The fourth-order valence-electron chi connectivity index (χ4n) is 3.87. The Morgan fingerprint density at radius 1 is 0.895 bits per heavy atom. The first-order chi connectivity index (χ1) is 17.8. The molecule has 0 unspecified atom stereocenters. The number of hydrogen-bond acceptors (Lipinski definition) is 6. The molecule has 3 rings (SSSR count). The van der Waals surface area contributed by atoms with Crippen LogP contribution in [-0.4, -0.2) is 41.7 Å². The maximum atomic E-state index is 14.2. The van der Waals surface area contributed by atoms with Gasteiger partial charge in [-0.1, -0.05) is 18.2 Å². The number of halogens is 5. The van der Waals surface area contributed by atoms with Crippen LogP contribution in [0.25, 0.3) is 22.1 Å². The number of alkyl halides is 5. The topological polar surface area (TPSA) is 67.1 Å². The van der Waals surface area contributed by atoms with E-state index >= 15 is 0 Å². The van der Waals surface area contributed by atoms with Gasteiger partial charge in [0.1, 0.15) is 17.1 Å². The molecule has 0 atom stereocenters. The minimum Gasteiger partial charge on any atom is -0.493 e. The largest absolute Gasteiger partial charge is 0.573 e. The van der Waals surface area contributed by atoms with E-state index in [1.807, 2.05) is 6.55 Å². The first kappa shape index (κ1) is 29.6. The fraction of sp³-hybridized carbons (Fsp3) is 0.423. The summed E-state index contributed by atoms with van der Waals surface area (Å²) < 4.78 is 92.3. The zero-order valence-corrected chi connectivity index (χ0v) is 22.2. The summed E-state index contributed by atoms with van der Waals surface area (Å²) in [6.45, 7) is 1.85. The molecule has 0 spiro atoms. The lowest BCUT2D eigenvalue weighted by Crippen LogP contribution is -2.36. The van der Waals surface area contributed by atoms with Crippen LogP contribution in [-0.2, 0) is 8.85 Å². The summed E-state index contributed by atoms with van der Waals surface area (Å²) >= 11 is 0. The Morgan fingerprint density at radius 3 is 2.26 bits per heavy atom. The van der Waals surface area contributed by atoms with E-state index in [0.29, 0.717) is 17.2 Å². The van der Waals surface area contributed by atoms with Crippen molar-refractivity contribution in [2.75, 3.05) is 20.8 Å². The Bertz CT molecular complexity index is 1270. The zero-order valence-electron chi connectivity index (χ0n) is 21.2. The van der Waals surface area contributed by atoms with Crippen LogP contribution in [0.3, 0.4) is 0 Å². The molecule has 0 N–H and O–H groups in total. The first-order valence-electron chi connectivity index (χ1n) is 11.9. The fourth-order valence-corrected chi connectivity index (χ4v) is 5.27. The van der Waals surface area contributed by atoms with Crippen LogP contribution in [0.1, 0.15) is 25.7 Å². The van der Waals surface area contributed by atoms with Crippen molar-refractivity contribution in [1.82, 2.24) is 0 Å². The Labute approximate surface area is 217 Å². The van der Waals surface area contributed by atoms with E-state index in [-0.39, 0.29) is 49.0 Å². The van der Waals surface area contributed by atoms with Crippen LogP contribution in [0.2, 0.25) is 12.6 Å². The van der Waals surface area contributed by atoms with Crippen LogP contribution in [0, 0.1) is 0 Å². The van der Waals surface area contributed by atoms with Gasteiger partial charge in [-0.15, -0.1) is 13.2 Å². The molecular weight excluding hydrogens is 531 g/mol. The van der Waals surface area contributed by atoms with Crippen LogP contribution in [0.4, 0.5) is 22.0 Å². The molecule has 0 aliphatic rings. The van der Waals surface area contributed by atoms with Crippen molar-refractivity contribution in [2.24, 2.45) is 0 Å². The highest BCUT2D eigenvalue weighted by Gasteiger charge is 2.33. The number of benzene rings is 2. The van der Waals surface area contributed by atoms with Crippen LogP contribution in [0.15, 0.2) is 57.7 Å². The third-order valence-corrected chi connectivity index (χ3v) is 9.09. The van der Waals surface area contributed by atoms with Gasteiger partial charge in [-0.3, -0.25) is 0 Å². The molecule has 208 valence electrons. The number of rotatable bonds is 13. The second-order valence-corrected chi connectivity index (χ2v) is 12.5. The lowest BCUT2D eigenvalue weighted by molar-refractivity contribution is -0.274.